The van der Waals surface area contributed by atoms with Gasteiger partial charge in [0.15, 0.2) is 0 Å². The third-order valence-electron chi connectivity index (χ3n) is 5.97. The number of anilines is 3. The summed E-state index contributed by atoms with van der Waals surface area (Å²) in [5, 5.41) is 5.68. The van der Waals surface area contributed by atoms with E-state index in [0.717, 1.165) is 11.3 Å². The summed E-state index contributed by atoms with van der Waals surface area (Å²) >= 11 is 0. The number of carbonyl (C=O) groups excluding carboxylic acids is 3. The molecule has 1 fully saturated rings. The van der Waals surface area contributed by atoms with Crippen LogP contribution in [0.4, 0.5) is 17.1 Å². The lowest BCUT2D eigenvalue weighted by Gasteiger charge is -2.19. The Morgan fingerprint density at radius 2 is 1.49 bits per heavy atom. The Kier molecular flexibility index (Phi) is 7.01. The fraction of sp³-hybridized carbons (Fsp3) is 0.222. The summed E-state index contributed by atoms with van der Waals surface area (Å²) in [7, 11) is 2.95. The molecule has 0 spiro atoms. The molecule has 1 atom stereocenters. The molecule has 35 heavy (non-hydrogen) atoms. The molecule has 8 heteroatoms. The first kappa shape index (κ1) is 23.8. The minimum Gasteiger partial charge on any atom is -0.494 e. The third-order valence-corrected chi connectivity index (χ3v) is 5.97. The number of hydrogen-bond acceptors (Lipinski definition) is 5. The molecular weight excluding hydrogens is 446 g/mol. The van der Waals surface area contributed by atoms with Crippen LogP contribution in [0.3, 0.4) is 0 Å². The van der Waals surface area contributed by atoms with Gasteiger partial charge in [-0.15, -0.1) is 0 Å². The van der Waals surface area contributed by atoms with Crippen molar-refractivity contribution in [2.45, 2.75) is 13.3 Å². The molecule has 1 saturated heterocycles. The normalized spacial score (nSPS) is 15.0. The molecular formula is C27H27N3O5. The highest BCUT2D eigenvalue weighted by atomic mass is 16.5. The van der Waals surface area contributed by atoms with Gasteiger partial charge >= 0.3 is 0 Å². The highest BCUT2D eigenvalue weighted by molar-refractivity contribution is 6.06. The molecule has 8 nitrogen and oxygen atoms in total. The number of nitrogens with one attached hydrogen (secondary N) is 2. The Bertz CT molecular complexity index is 1260. The molecule has 3 aromatic carbocycles. The number of methoxy groups -OCH3 is 2. The molecule has 1 heterocycles. The smallest absolute Gasteiger partial charge is 0.255 e. The Balaban J connectivity index is 1.52. The van der Waals surface area contributed by atoms with Crippen molar-refractivity contribution < 1.29 is 23.9 Å². The number of carbonyl (C=O) groups is 3. The number of para-hydroxylation sites is 1. The number of amides is 3. The second-order valence-corrected chi connectivity index (χ2v) is 8.25. The molecule has 1 aliphatic rings. The zero-order chi connectivity index (χ0) is 24.9. The van der Waals surface area contributed by atoms with E-state index in [1.54, 1.807) is 41.3 Å². The Labute approximate surface area is 203 Å². The standard InChI is InChI=1S/C27H27N3O5/c1-17-9-7-8-12-22(17)30-16-19(13-25(30)31)27(33)29-21-15-23(34-2)20(14-24(21)35-3)28-26(32)18-10-5-4-6-11-18/h4-12,14-15,19H,13,16H2,1-3H3,(H,28,32)(H,29,33). The summed E-state index contributed by atoms with van der Waals surface area (Å²) in [6.07, 6.45) is 0.116. The van der Waals surface area contributed by atoms with Crippen molar-refractivity contribution in [2.24, 2.45) is 5.92 Å². The molecule has 0 radical (unpaired) electrons. The number of benzene rings is 3. The van der Waals surface area contributed by atoms with Crippen LogP contribution in [0.25, 0.3) is 0 Å². The van der Waals surface area contributed by atoms with E-state index >= 15 is 0 Å². The predicted molar refractivity (Wildman–Crippen MR) is 134 cm³/mol. The van der Waals surface area contributed by atoms with E-state index in [1.807, 2.05) is 37.3 Å². The minimum absolute atomic E-state index is 0.0945. The van der Waals surface area contributed by atoms with Crippen LogP contribution in [-0.2, 0) is 9.59 Å². The number of rotatable bonds is 7. The average molecular weight is 474 g/mol. The maximum absolute atomic E-state index is 13.1. The predicted octanol–water partition coefficient (Wildman–Crippen LogP) is 4.26. The maximum atomic E-state index is 13.1. The van der Waals surface area contributed by atoms with E-state index in [4.69, 9.17) is 9.47 Å². The van der Waals surface area contributed by atoms with E-state index < -0.39 is 5.92 Å². The molecule has 3 aromatic rings. The van der Waals surface area contributed by atoms with Gasteiger partial charge in [0.25, 0.3) is 5.91 Å². The van der Waals surface area contributed by atoms with Gasteiger partial charge in [-0.3, -0.25) is 14.4 Å². The zero-order valence-electron chi connectivity index (χ0n) is 19.8. The van der Waals surface area contributed by atoms with Gasteiger partial charge < -0.3 is 25.0 Å². The van der Waals surface area contributed by atoms with Crippen LogP contribution < -0.4 is 25.0 Å². The fourth-order valence-corrected chi connectivity index (χ4v) is 4.09. The number of ether oxygens (including phenoxy) is 2. The monoisotopic (exact) mass is 473 g/mol. The summed E-state index contributed by atoms with van der Waals surface area (Å²) in [5.74, 6) is -0.505. The SMILES string of the molecule is COc1cc(NC(=O)C2CC(=O)N(c3ccccc3C)C2)c(OC)cc1NC(=O)c1ccccc1. The first-order valence-corrected chi connectivity index (χ1v) is 11.2. The molecule has 180 valence electrons. The summed E-state index contributed by atoms with van der Waals surface area (Å²) in [6, 6.07) is 19.6. The second kappa shape index (κ2) is 10.3. The van der Waals surface area contributed by atoms with E-state index in [1.165, 1.54) is 14.2 Å². The number of aryl methyl sites for hydroxylation is 1. The van der Waals surface area contributed by atoms with Gasteiger partial charge in [-0.25, -0.2) is 0 Å². The van der Waals surface area contributed by atoms with Crippen LogP contribution in [0.2, 0.25) is 0 Å². The van der Waals surface area contributed by atoms with Crippen molar-refractivity contribution in [3.8, 4) is 11.5 Å². The number of hydrogen-bond donors (Lipinski definition) is 2. The van der Waals surface area contributed by atoms with E-state index in [-0.39, 0.29) is 24.1 Å². The van der Waals surface area contributed by atoms with E-state index in [9.17, 15) is 14.4 Å². The van der Waals surface area contributed by atoms with Crippen LogP contribution in [0.15, 0.2) is 66.7 Å². The Morgan fingerprint density at radius 1 is 0.886 bits per heavy atom. The van der Waals surface area contributed by atoms with Gasteiger partial charge in [0.1, 0.15) is 11.5 Å². The second-order valence-electron chi connectivity index (χ2n) is 8.25. The molecule has 0 saturated carbocycles. The summed E-state index contributed by atoms with van der Waals surface area (Å²) in [4.78, 5) is 40.0. The summed E-state index contributed by atoms with van der Waals surface area (Å²) in [6.45, 7) is 2.23. The van der Waals surface area contributed by atoms with Crippen molar-refractivity contribution in [3.05, 3.63) is 77.9 Å². The molecule has 4 rings (SSSR count). The van der Waals surface area contributed by atoms with Crippen molar-refractivity contribution in [1.29, 1.82) is 0 Å². The van der Waals surface area contributed by atoms with Gasteiger partial charge in [-0.2, -0.15) is 0 Å². The number of nitrogens with zero attached hydrogens (tertiary/aromatic N) is 1. The van der Waals surface area contributed by atoms with Crippen molar-refractivity contribution in [2.75, 3.05) is 36.3 Å². The van der Waals surface area contributed by atoms with Gasteiger partial charge in [0.05, 0.1) is 31.5 Å². The van der Waals surface area contributed by atoms with Crippen LogP contribution in [0.1, 0.15) is 22.3 Å². The highest BCUT2D eigenvalue weighted by Gasteiger charge is 2.36. The van der Waals surface area contributed by atoms with E-state index in [0.29, 0.717) is 35.0 Å². The van der Waals surface area contributed by atoms with Crippen molar-refractivity contribution in [3.63, 3.8) is 0 Å². The van der Waals surface area contributed by atoms with Crippen LogP contribution in [-0.4, -0.2) is 38.5 Å². The lowest BCUT2D eigenvalue weighted by Crippen LogP contribution is -2.28. The largest absolute Gasteiger partial charge is 0.494 e. The first-order valence-electron chi connectivity index (χ1n) is 11.2. The lowest BCUT2D eigenvalue weighted by molar-refractivity contribution is -0.122. The zero-order valence-corrected chi connectivity index (χ0v) is 19.8. The van der Waals surface area contributed by atoms with Gasteiger partial charge in [0.2, 0.25) is 11.8 Å². The molecule has 2 N–H and O–H groups in total. The molecule has 1 aliphatic heterocycles. The quantitative estimate of drug-likeness (QED) is 0.535. The molecule has 0 aromatic heterocycles. The topological polar surface area (TPSA) is 97.0 Å². The van der Waals surface area contributed by atoms with Gasteiger partial charge in [-0.1, -0.05) is 36.4 Å². The summed E-state index contributed by atoms with van der Waals surface area (Å²) < 4.78 is 10.9. The summed E-state index contributed by atoms with van der Waals surface area (Å²) in [5.41, 5.74) is 3.06. The molecule has 1 unspecified atom stereocenters. The van der Waals surface area contributed by atoms with Crippen LogP contribution in [0.5, 0.6) is 11.5 Å². The minimum atomic E-state index is -0.518. The van der Waals surface area contributed by atoms with Crippen LogP contribution >= 0.6 is 0 Å². The molecule has 0 aliphatic carbocycles. The Morgan fingerprint density at radius 3 is 2.11 bits per heavy atom. The highest BCUT2D eigenvalue weighted by Crippen LogP contribution is 2.37. The van der Waals surface area contributed by atoms with Crippen LogP contribution in [0, 0.1) is 12.8 Å². The lowest BCUT2D eigenvalue weighted by atomic mass is 10.1. The fourth-order valence-electron chi connectivity index (χ4n) is 4.09. The van der Waals surface area contributed by atoms with Gasteiger partial charge in [-0.05, 0) is 30.7 Å². The Hall–Kier alpha value is -4.33. The van der Waals surface area contributed by atoms with Gasteiger partial charge in [0, 0.05) is 36.3 Å². The molecule has 0 bridgehead atoms. The van der Waals surface area contributed by atoms with E-state index in [2.05, 4.69) is 10.6 Å². The maximum Gasteiger partial charge on any atom is 0.255 e. The average Bonchev–Trinajstić information content (AvgIpc) is 3.26. The first-order chi connectivity index (χ1) is 16.9. The molecule has 3 amide bonds. The third kappa shape index (κ3) is 5.11. The van der Waals surface area contributed by atoms with Crippen molar-refractivity contribution in [1.82, 2.24) is 0 Å². The van der Waals surface area contributed by atoms with Crippen molar-refractivity contribution >= 4 is 34.8 Å².